The van der Waals surface area contributed by atoms with E-state index in [4.69, 9.17) is 11.6 Å². The van der Waals surface area contributed by atoms with Crippen molar-refractivity contribution in [3.05, 3.63) is 63.3 Å². The van der Waals surface area contributed by atoms with Gasteiger partial charge in [-0.05, 0) is 29.8 Å². The van der Waals surface area contributed by atoms with E-state index in [2.05, 4.69) is 20.9 Å². The second-order valence-electron chi connectivity index (χ2n) is 6.47. The minimum Gasteiger partial charge on any atom is -0.312 e. The van der Waals surface area contributed by atoms with E-state index >= 15 is 0 Å². The summed E-state index contributed by atoms with van der Waals surface area (Å²) in [5.41, 5.74) is 1.29. The Morgan fingerprint density at radius 3 is 2.78 bits per heavy atom. The third kappa shape index (κ3) is 3.90. The predicted octanol–water partition coefficient (Wildman–Crippen LogP) is 4.52. The van der Waals surface area contributed by atoms with Gasteiger partial charge in [-0.25, -0.2) is 12.8 Å². The number of fused-ring (bicyclic) bond motifs is 1. The molecule has 2 heterocycles. The van der Waals surface area contributed by atoms with Gasteiger partial charge in [-0.15, -0.1) is 0 Å². The summed E-state index contributed by atoms with van der Waals surface area (Å²) in [4.78, 5) is 6.35. The Morgan fingerprint density at radius 1 is 1.26 bits per heavy atom. The second-order valence-corrected chi connectivity index (χ2v) is 10.9. The van der Waals surface area contributed by atoms with E-state index in [0.29, 0.717) is 26.1 Å². The maximum atomic E-state index is 14.6. The SMILES string of the molecule is O=S1(=O)C[C@@H]2N=C(SCc3ccccc3Cl)N(c3ccc(Br)cc3F)[C@H]2C1. The average Bonchev–Trinajstić information content (AvgIpc) is 3.06. The minimum absolute atomic E-state index is 0.00245. The van der Waals surface area contributed by atoms with E-state index in [1.807, 2.05) is 24.3 Å². The van der Waals surface area contributed by atoms with Crippen molar-refractivity contribution in [2.24, 2.45) is 4.99 Å². The first-order valence-electron chi connectivity index (χ1n) is 8.23. The number of anilines is 1. The van der Waals surface area contributed by atoms with Crippen LogP contribution in [0, 0.1) is 5.82 Å². The summed E-state index contributed by atoms with van der Waals surface area (Å²) in [5.74, 6) is 0.134. The molecule has 2 aromatic carbocycles. The van der Waals surface area contributed by atoms with Crippen LogP contribution in [0.5, 0.6) is 0 Å². The van der Waals surface area contributed by atoms with Crippen molar-refractivity contribution < 1.29 is 12.8 Å². The van der Waals surface area contributed by atoms with Gasteiger partial charge in [-0.3, -0.25) is 4.99 Å². The van der Waals surface area contributed by atoms with Crippen LogP contribution in [0.4, 0.5) is 10.1 Å². The highest BCUT2D eigenvalue weighted by atomic mass is 79.9. The van der Waals surface area contributed by atoms with Crippen molar-refractivity contribution in [1.82, 2.24) is 0 Å². The lowest BCUT2D eigenvalue weighted by Crippen LogP contribution is -2.39. The zero-order valence-corrected chi connectivity index (χ0v) is 18.0. The van der Waals surface area contributed by atoms with Gasteiger partial charge < -0.3 is 4.90 Å². The molecular formula is C18H15BrClFN2O2S2. The number of thioether (sulfide) groups is 1. The highest BCUT2D eigenvalue weighted by Gasteiger charge is 2.47. The Balaban J connectivity index is 1.66. The molecule has 4 rings (SSSR count). The molecule has 0 bridgehead atoms. The Hall–Kier alpha value is -1.09. The maximum absolute atomic E-state index is 14.6. The normalized spacial score (nSPS) is 23.4. The average molecular weight is 490 g/mol. The molecule has 142 valence electrons. The van der Waals surface area contributed by atoms with Gasteiger partial charge in [0.1, 0.15) is 5.82 Å². The molecule has 9 heteroatoms. The van der Waals surface area contributed by atoms with Crippen molar-refractivity contribution >= 4 is 60.0 Å². The molecule has 0 aliphatic carbocycles. The fraction of sp³-hybridized carbons (Fsp3) is 0.278. The monoisotopic (exact) mass is 488 g/mol. The molecule has 27 heavy (non-hydrogen) atoms. The molecule has 0 aromatic heterocycles. The summed E-state index contributed by atoms with van der Waals surface area (Å²) in [6.07, 6.45) is 0. The predicted molar refractivity (Wildman–Crippen MR) is 113 cm³/mol. The van der Waals surface area contributed by atoms with Gasteiger partial charge in [-0.1, -0.05) is 57.5 Å². The molecule has 2 atom stereocenters. The molecule has 1 fully saturated rings. The Morgan fingerprint density at radius 2 is 2.04 bits per heavy atom. The van der Waals surface area contributed by atoms with Gasteiger partial charge >= 0.3 is 0 Å². The largest absolute Gasteiger partial charge is 0.312 e. The summed E-state index contributed by atoms with van der Waals surface area (Å²) < 4.78 is 39.4. The van der Waals surface area contributed by atoms with Crippen LogP contribution in [-0.2, 0) is 15.6 Å². The quantitative estimate of drug-likeness (QED) is 0.636. The molecular weight excluding hydrogens is 475 g/mol. The van der Waals surface area contributed by atoms with Crippen LogP contribution >= 0.6 is 39.3 Å². The molecule has 0 radical (unpaired) electrons. The van der Waals surface area contributed by atoms with Crippen molar-refractivity contribution in [1.29, 1.82) is 0 Å². The summed E-state index contributed by atoms with van der Waals surface area (Å²) in [6, 6.07) is 11.5. The van der Waals surface area contributed by atoms with Crippen molar-refractivity contribution in [3.8, 4) is 0 Å². The summed E-state index contributed by atoms with van der Waals surface area (Å²) in [5, 5.41) is 1.29. The van der Waals surface area contributed by atoms with E-state index < -0.39 is 15.7 Å². The second kappa shape index (κ2) is 7.39. The van der Waals surface area contributed by atoms with Crippen LogP contribution in [0.25, 0.3) is 0 Å². The Kier molecular flexibility index (Phi) is 5.26. The van der Waals surface area contributed by atoms with Gasteiger partial charge in [0.15, 0.2) is 15.0 Å². The third-order valence-corrected chi connectivity index (χ3v) is 8.17. The molecule has 2 aromatic rings. The lowest BCUT2D eigenvalue weighted by molar-refractivity contribution is 0.600. The maximum Gasteiger partial charge on any atom is 0.164 e. The van der Waals surface area contributed by atoms with Crippen LogP contribution in [0.2, 0.25) is 5.02 Å². The number of hydrogen-bond donors (Lipinski definition) is 0. The van der Waals surface area contributed by atoms with Crippen LogP contribution in [0.1, 0.15) is 5.56 Å². The number of rotatable bonds is 3. The highest BCUT2D eigenvalue weighted by molar-refractivity contribution is 9.10. The fourth-order valence-electron chi connectivity index (χ4n) is 3.35. The smallest absolute Gasteiger partial charge is 0.164 e. The van der Waals surface area contributed by atoms with Gasteiger partial charge in [0.05, 0.1) is 29.3 Å². The number of benzene rings is 2. The van der Waals surface area contributed by atoms with Gasteiger partial charge in [0, 0.05) is 15.2 Å². The fourth-order valence-corrected chi connectivity index (χ4v) is 6.93. The van der Waals surface area contributed by atoms with E-state index in [1.165, 1.54) is 17.8 Å². The minimum atomic E-state index is -3.18. The molecule has 0 amide bonds. The lowest BCUT2D eigenvalue weighted by Gasteiger charge is -2.27. The van der Waals surface area contributed by atoms with Gasteiger partial charge in [0.25, 0.3) is 0 Å². The summed E-state index contributed by atoms with van der Waals surface area (Å²) >= 11 is 10.9. The number of sulfone groups is 1. The van der Waals surface area contributed by atoms with Gasteiger partial charge in [0.2, 0.25) is 0 Å². The first-order chi connectivity index (χ1) is 12.8. The topological polar surface area (TPSA) is 49.7 Å². The summed E-state index contributed by atoms with van der Waals surface area (Å²) in [6.45, 7) is 0. The van der Waals surface area contributed by atoms with Gasteiger partial charge in [-0.2, -0.15) is 0 Å². The Bertz CT molecular complexity index is 1030. The zero-order valence-electron chi connectivity index (χ0n) is 14.0. The first-order valence-corrected chi connectivity index (χ1v) is 12.2. The van der Waals surface area contributed by atoms with Crippen molar-refractivity contribution in [2.45, 2.75) is 17.8 Å². The molecule has 0 unspecified atom stereocenters. The first kappa shape index (κ1) is 19.2. The number of aliphatic imine (C=N–C) groups is 1. The number of amidine groups is 1. The van der Waals surface area contributed by atoms with Crippen LogP contribution in [0.3, 0.4) is 0 Å². The number of nitrogens with zero attached hydrogens (tertiary/aromatic N) is 2. The standard InChI is InChI=1S/C18H15BrClFN2O2S2/c19-12-5-6-16(14(21)7-12)23-17-10-27(24,25)9-15(17)22-18(23)26-8-11-3-1-2-4-13(11)20/h1-7,15,17H,8-10H2/t15-,17-/m0/s1. The molecule has 1 saturated heterocycles. The molecule has 4 nitrogen and oxygen atoms in total. The van der Waals surface area contributed by atoms with Crippen molar-refractivity contribution in [2.75, 3.05) is 16.4 Å². The van der Waals surface area contributed by atoms with E-state index in [1.54, 1.807) is 17.0 Å². The van der Waals surface area contributed by atoms with E-state index in [9.17, 15) is 12.8 Å². The van der Waals surface area contributed by atoms with Crippen molar-refractivity contribution in [3.63, 3.8) is 0 Å². The molecule has 0 N–H and O–H groups in total. The number of halogens is 3. The van der Waals surface area contributed by atoms with Crippen LogP contribution < -0.4 is 4.90 Å². The van der Waals surface area contributed by atoms with E-state index in [-0.39, 0.29) is 23.6 Å². The zero-order chi connectivity index (χ0) is 19.2. The Labute approximate surface area is 174 Å². The van der Waals surface area contributed by atoms with E-state index in [0.717, 1.165) is 5.56 Å². The number of hydrogen-bond acceptors (Lipinski definition) is 5. The molecule has 0 saturated carbocycles. The van der Waals surface area contributed by atoms with Crippen LogP contribution in [-0.4, -0.2) is 37.2 Å². The van der Waals surface area contributed by atoms with Crippen LogP contribution in [0.15, 0.2) is 51.9 Å². The molecule has 2 aliphatic rings. The molecule has 2 aliphatic heterocycles. The highest BCUT2D eigenvalue weighted by Crippen LogP contribution is 2.38. The summed E-state index contributed by atoms with van der Waals surface area (Å²) in [7, 11) is -3.18. The third-order valence-electron chi connectivity index (χ3n) is 4.59. The molecule has 0 spiro atoms. The lowest BCUT2D eigenvalue weighted by atomic mass is 10.1.